The molecular weight excluding hydrogens is 228 g/mol. The second kappa shape index (κ2) is 6.28. The fraction of sp³-hybridized carbons (Fsp3) is 0.500. The lowest BCUT2D eigenvalue weighted by Gasteiger charge is -2.26. The lowest BCUT2D eigenvalue weighted by Crippen LogP contribution is -2.39. The third-order valence-electron chi connectivity index (χ3n) is 3.22. The maximum atomic E-state index is 12.0. The SMILES string of the molecule is COc1cccc(NCC(=O)N2CCCCC2)c1. The summed E-state index contributed by atoms with van der Waals surface area (Å²) in [6, 6.07) is 7.62. The van der Waals surface area contributed by atoms with Crippen LogP contribution in [0.15, 0.2) is 24.3 Å². The molecule has 1 aromatic rings. The number of piperidine rings is 1. The van der Waals surface area contributed by atoms with E-state index in [4.69, 9.17) is 4.74 Å². The minimum Gasteiger partial charge on any atom is -0.497 e. The van der Waals surface area contributed by atoms with Gasteiger partial charge in [0.25, 0.3) is 0 Å². The van der Waals surface area contributed by atoms with Gasteiger partial charge < -0.3 is 15.0 Å². The molecule has 0 spiro atoms. The largest absolute Gasteiger partial charge is 0.497 e. The summed E-state index contributed by atoms with van der Waals surface area (Å²) >= 11 is 0. The van der Waals surface area contributed by atoms with Crippen molar-refractivity contribution in [3.8, 4) is 5.75 Å². The van der Waals surface area contributed by atoms with Gasteiger partial charge in [0, 0.05) is 24.8 Å². The lowest BCUT2D eigenvalue weighted by molar-refractivity contribution is -0.130. The van der Waals surface area contributed by atoms with E-state index in [2.05, 4.69) is 5.32 Å². The van der Waals surface area contributed by atoms with Crippen molar-refractivity contribution < 1.29 is 9.53 Å². The Hall–Kier alpha value is -1.71. The van der Waals surface area contributed by atoms with E-state index in [-0.39, 0.29) is 5.91 Å². The second-order valence-corrected chi connectivity index (χ2v) is 4.53. The Labute approximate surface area is 108 Å². The maximum absolute atomic E-state index is 12.0. The lowest BCUT2D eigenvalue weighted by atomic mass is 10.1. The highest BCUT2D eigenvalue weighted by molar-refractivity contribution is 5.81. The number of hydrogen-bond donors (Lipinski definition) is 1. The van der Waals surface area contributed by atoms with Crippen molar-refractivity contribution >= 4 is 11.6 Å². The number of ether oxygens (including phenoxy) is 1. The molecule has 1 N–H and O–H groups in total. The van der Waals surface area contributed by atoms with Crippen molar-refractivity contribution in [1.82, 2.24) is 4.90 Å². The minimum absolute atomic E-state index is 0.178. The van der Waals surface area contributed by atoms with Gasteiger partial charge in [-0.1, -0.05) is 6.07 Å². The van der Waals surface area contributed by atoms with Crippen molar-refractivity contribution in [1.29, 1.82) is 0 Å². The Kier molecular flexibility index (Phi) is 4.45. The first-order chi connectivity index (χ1) is 8.79. The van der Waals surface area contributed by atoms with E-state index in [1.54, 1.807) is 7.11 Å². The Morgan fingerprint density at radius 1 is 1.33 bits per heavy atom. The molecule has 0 aliphatic carbocycles. The summed E-state index contributed by atoms with van der Waals surface area (Å²) in [6.45, 7) is 2.16. The minimum atomic E-state index is 0.178. The number of benzene rings is 1. The first-order valence-electron chi connectivity index (χ1n) is 6.45. The van der Waals surface area contributed by atoms with Crippen molar-refractivity contribution in [2.24, 2.45) is 0 Å². The zero-order valence-corrected chi connectivity index (χ0v) is 10.8. The van der Waals surface area contributed by atoms with Gasteiger partial charge in [0.05, 0.1) is 13.7 Å². The van der Waals surface area contributed by atoms with Crippen molar-refractivity contribution in [3.05, 3.63) is 24.3 Å². The van der Waals surface area contributed by atoms with Crippen LogP contribution in [-0.2, 0) is 4.79 Å². The summed E-state index contributed by atoms with van der Waals surface area (Å²) in [5.41, 5.74) is 0.916. The number of nitrogens with zero attached hydrogens (tertiary/aromatic N) is 1. The molecule has 2 rings (SSSR count). The number of methoxy groups -OCH3 is 1. The van der Waals surface area contributed by atoms with Gasteiger partial charge in [0.1, 0.15) is 5.75 Å². The van der Waals surface area contributed by atoms with Gasteiger partial charge in [-0.15, -0.1) is 0 Å². The zero-order valence-electron chi connectivity index (χ0n) is 10.8. The number of rotatable bonds is 4. The van der Waals surface area contributed by atoms with Gasteiger partial charge in [-0.05, 0) is 31.4 Å². The first-order valence-corrected chi connectivity index (χ1v) is 6.45. The molecule has 4 heteroatoms. The third-order valence-corrected chi connectivity index (χ3v) is 3.22. The maximum Gasteiger partial charge on any atom is 0.241 e. The van der Waals surface area contributed by atoms with Gasteiger partial charge in [-0.25, -0.2) is 0 Å². The molecule has 0 unspecified atom stereocenters. The number of hydrogen-bond acceptors (Lipinski definition) is 3. The standard InChI is InChI=1S/C14H20N2O2/c1-18-13-7-5-6-12(10-13)15-11-14(17)16-8-3-2-4-9-16/h5-7,10,15H,2-4,8-9,11H2,1H3. The predicted octanol–water partition coefficient (Wildman–Crippen LogP) is 2.12. The zero-order chi connectivity index (χ0) is 12.8. The molecule has 98 valence electrons. The summed E-state index contributed by atoms with van der Waals surface area (Å²) in [5, 5.41) is 3.15. The molecule has 1 amide bonds. The van der Waals surface area contributed by atoms with Gasteiger partial charge in [-0.3, -0.25) is 4.79 Å². The Bertz CT molecular complexity index is 401. The Morgan fingerprint density at radius 2 is 2.11 bits per heavy atom. The van der Waals surface area contributed by atoms with Crippen LogP contribution >= 0.6 is 0 Å². The monoisotopic (exact) mass is 248 g/mol. The summed E-state index contributed by atoms with van der Waals surface area (Å²) in [5.74, 6) is 0.975. The Morgan fingerprint density at radius 3 is 2.83 bits per heavy atom. The molecule has 1 aliphatic heterocycles. The van der Waals surface area contributed by atoms with Crippen LogP contribution < -0.4 is 10.1 Å². The summed E-state index contributed by atoms with van der Waals surface area (Å²) in [7, 11) is 1.64. The Balaban J connectivity index is 1.84. The summed E-state index contributed by atoms with van der Waals surface area (Å²) in [6.07, 6.45) is 3.50. The molecule has 0 bridgehead atoms. The van der Waals surface area contributed by atoms with E-state index in [0.29, 0.717) is 6.54 Å². The molecule has 18 heavy (non-hydrogen) atoms. The fourth-order valence-corrected chi connectivity index (χ4v) is 2.17. The molecule has 0 aromatic heterocycles. The average molecular weight is 248 g/mol. The third kappa shape index (κ3) is 3.39. The highest BCUT2D eigenvalue weighted by atomic mass is 16.5. The van der Waals surface area contributed by atoms with Crippen molar-refractivity contribution in [3.63, 3.8) is 0 Å². The molecule has 0 saturated carbocycles. The van der Waals surface area contributed by atoms with Gasteiger partial charge in [0.2, 0.25) is 5.91 Å². The van der Waals surface area contributed by atoms with Crippen LogP contribution in [0.5, 0.6) is 5.75 Å². The van der Waals surface area contributed by atoms with E-state index in [9.17, 15) is 4.79 Å². The van der Waals surface area contributed by atoms with Crippen LogP contribution in [0.4, 0.5) is 5.69 Å². The topological polar surface area (TPSA) is 41.6 Å². The number of amides is 1. The number of nitrogens with one attached hydrogen (secondary N) is 1. The molecule has 1 aromatic carbocycles. The van der Waals surface area contributed by atoms with Gasteiger partial charge in [-0.2, -0.15) is 0 Å². The predicted molar refractivity (Wildman–Crippen MR) is 71.9 cm³/mol. The van der Waals surface area contributed by atoms with Crippen LogP contribution in [0.2, 0.25) is 0 Å². The van der Waals surface area contributed by atoms with Crippen LogP contribution in [-0.4, -0.2) is 37.6 Å². The number of anilines is 1. The van der Waals surface area contributed by atoms with E-state index >= 15 is 0 Å². The molecule has 1 saturated heterocycles. The van der Waals surface area contributed by atoms with E-state index < -0.39 is 0 Å². The van der Waals surface area contributed by atoms with Crippen LogP contribution in [0, 0.1) is 0 Å². The molecule has 0 radical (unpaired) electrons. The van der Waals surface area contributed by atoms with Crippen molar-refractivity contribution in [2.45, 2.75) is 19.3 Å². The summed E-state index contributed by atoms with van der Waals surface area (Å²) in [4.78, 5) is 13.9. The van der Waals surface area contributed by atoms with Crippen LogP contribution in [0.25, 0.3) is 0 Å². The molecule has 1 fully saturated rings. The van der Waals surface area contributed by atoms with Crippen molar-refractivity contribution in [2.75, 3.05) is 32.1 Å². The van der Waals surface area contributed by atoms with Crippen LogP contribution in [0.1, 0.15) is 19.3 Å². The molecule has 1 aliphatic rings. The van der Waals surface area contributed by atoms with Gasteiger partial charge in [0.15, 0.2) is 0 Å². The van der Waals surface area contributed by atoms with E-state index in [1.807, 2.05) is 29.2 Å². The highest BCUT2D eigenvalue weighted by Gasteiger charge is 2.15. The molecular formula is C14H20N2O2. The first kappa shape index (κ1) is 12.7. The number of carbonyl (C=O) groups excluding carboxylic acids is 1. The normalized spacial score (nSPS) is 15.3. The highest BCUT2D eigenvalue weighted by Crippen LogP contribution is 2.16. The van der Waals surface area contributed by atoms with Crippen LogP contribution in [0.3, 0.4) is 0 Å². The van der Waals surface area contributed by atoms with E-state index in [1.165, 1.54) is 6.42 Å². The molecule has 1 heterocycles. The van der Waals surface area contributed by atoms with E-state index in [0.717, 1.165) is 37.4 Å². The number of carbonyl (C=O) groups is 1. The fourth-order valence-electron chi connectivity index (χ4n) is 2.17. The molecule has 0 atom stereocenters. The smallest absolute Gasteiger partial charge is 0.241 e. The summed E-state index contributed by atoms with van der Waals surface area (Å²) < 4.78 is 5.14. The van der Waals surface area contributed by atoms with Gasteiger partial charge >= 0.3 is 0 Å². The quantitative estimate of drug-likeness (QED) is 0.887. The average Bonchev–Trinajstić information content (AvgIpc) is 2.46. The molecule has 4 nitrogen and oxygen atoms in total. The number of likely N-dealkylation sites (tertiary alicyclic amines) is 1. The second-order valence-electron chi connectivity index (χ2n) is 4.53.